The lowest BCUT2D eigenvalue weighted by Gasteiger charge is -2.25. The summed E-state index contributed by atoms with van der Waals surface area (Å²) in [5, 5.41) is 8.98. The summed E-state index contributed by atoms with van der Waals surface area (Å²) < 4.78 is 0. The fraction of sp³-hybridized carbons (Fsp3) is 0.714. The zero-order valence-electron chi connectivity index (χ0n) is 6.45. The van der Waals surface area contributed by atoms with Gasteiger partial charge in [-0.05, 0) is 6.42 Å². The first-order valence-electron chi connectivity index (χ1n) is 3.85. The van der Waals surface area contributed by atoms with E-state index in [1.165, 1.54) is 16.7 Å². The Morgan fingerprint density at radius 3 is 3.00 bits per heavy atom. The van der Waals surface area contributed by atoms with Crippen LogP contribution in [-0.2, 0) is 9.59 Å². The monoisotopic (exact) mass is 187 g/mol. The third-order valence-electron chi connectivity index (χ3n) is 2.40. The Hall–Kier alpha value is -0.710. The highest BCUT2D eigenvalue weighted by Gasteiger charge is 2.54. The molecule has 1 atom stereocenters. The Balaban J connectivity index is 2.35. The lowest BCUT2D eigenvalue weighted by atomic mass is 10.2. The Kier molecular flexibility index (Phi) is 1.57. The largest absolute Gasteiger partial charge is 0.479 e. The smallest absolute Gasteiger partial charge is 0.340 e. The molecule has 5 heteroatoms. The maximum Gasteiger partial charge on any atom is 0.340 e. The summed E-state index contributed by atoms with van der Waals surface area (Å²) in [6, 6.07) is 0. The van der Waals surface area contributed by atoms with Gasteiger partial charge >= 0.3 is 5.97 Å². The van der Waals surface area contributed by atoms with Crippen molar-refractivity contribution in [3.05, 3.63) is 0 Å². The standard InChI is InChI=1S/C7H9NO3S/c9-5-1-2-7(6(10)11)8(5)3-4-12-7/h1-4H2,(H,10,11)/t7-/m0/s1. The van der Waals surface area contributed by atoms with E-state index >= 15 is 0 Å². The van der Waals surface area contributed by atoms with Gasteiger partial charge in [-0.2, -0.15) is 0 Å². The molecule has 1 N–H and O–H groups in total. The number of hydrogen-bond acceptors (Lipinski definition) is 3. The molecule has 2 fully saturated rings. The van der Waals surface area contributed by atoms with Crippen LogP contribution in [0.4, 0.5) is 0 Å². The van der Waals surface area contributed by atoms with E-state index in [-0.39, 0.29) is 5.91 Å². The molecule has 2 rings (SSSR count). The molecule has 0 spiro atoms. The highest BCUT2D eigenvalue weighted by atomic mass is 32.2. The molecule has 1 amide bonds. The van der Waals surface area contributed by atoms with Crippen molar-refractivity contribution in [1.29, 1.82) is 0 Å². The summed E-state index contributed by atoms with van der Waals surface area (Å²) in [5.74, 6) is -0.129. The van der Waals surface area contributed by atoms with Crippen LogP contribution in [-0.4, -0.2) is 39.1 Å². The molecule has 4 nitrogen and oxygen atoms in total. The van der Waals surface area contributed by atoms with E-state index in [2.05, 4.69) is 0 Å². The van der Waals surface area contributed by atoms with Gasteiger partial charge in [-0.15, -0.1) is 11.8 Å². The molecule has 0 aromatic heterocycles. The lowest BCUT2D eigenvalue weighted by Crippen LogP contribution is -2.45. The molecule has 66 valence electrons. The third kappa shape index (κ3) is 0.798. The predicted molar refractivity (Wildman–Crippen MR) is 43.8 cm³/mol. The molecule has 12 heavy (non-hydrogen) atoms. The van der Waals surface area contributed by atoms with Crippen LogP contribution in [0.15, 0.2) is 0 Å². The van der Waals surface area contributed by atoms with Crippen LogP contribution in [0.1, 0.15) is 12.8 Å². The fourth-order valence-corrected chi connectivity index (χ4v) is 3.12. The minimum atomic E-state index is -0.906. The van der Waals surface area contributed by atoms with Gasteiger partial charge in [0.2, 0.25) is 5.91 Å². The second-order valence-corrected chi connectivity index (χ2v) is 4.36. The number of thioether (sulfide) groups is 1. The van der Waals surface area contributed by atoms with E-state index in [0.29, 0.717) is 19.4 Å². The Morgan fingerprint density at radius 2 is 2.42 bits per heavy atom. The van der Waals surface area contributed by atoms with Gasteiger partial charge < -0.3 is 10.0 Å². The highest BCUT2D eigenvalue weighted by molar-refractivity contribution is 8.01. The Bertz CT molecular complexity index is 255. The molecule has 0 radical (unpaired) electrons. The Labute approximate surface area is 73.9 Å². The topological polar surface area (TPSA) is 57.6 Å². The minimum absolute atomic E-state index is 0.0117. The summed E-state index contributed by atoms with van der Waals surface area (Å²) in [6.45, 7) is 0.593. The Morgan fingerprint density at radius 1 is 1.67 bits per heavy atom. The number of carboxylic acid groups (broad SMARTS) is 1. The number of carbonyl (C=O) groups excluding carboxylic acids is 1. The number of fused-ring (bicyclic) bond motifs is 1. The molecule has 2 aliphatic rings. The number of nitrogens with zero attached hydrogens (tertiary/aromatic N) is 1. The zero-order valence-corrected chi connectivity index (χ0v) is 7.26. The molecule has 0 bridgehead atoms. The quantitative estimate of drug-likeness (QED) is 0.634. The van der Waals surface area contributed by atoms with Crippen molar-refractivity contribution in [3.63, 3.8) is 0 Å². The van der Waals surface area contributed by atoms with Gasteiger partial charge in [0, 0.05) is 18.7 Å². The fourth-order valence-electron chi connectivity index (χ4n) is 1.79. The zero-order chi connectivity index (χ0) is 8.77. The van der Waals surface area contributed by atoms with Gasteiger partial charge in [0.1, 0.15) is 0 Å². The molecular weight excluding hydrogens is 178 g/mol. The van der Waals surface area contributed by atoms with Gasteiger partial charge in [0.05, 0.1) is 0 Å². The lowest BCUT2D eigenvalue weighted by molar-refractivity contribution is -0.147. The van der Waals surface area contributed by atoms with Crippen molar-refractivity contribution in [2.45, 2.75) is 17.7 Å². The first-order valence-corrected chi connectivity index (χ1v) is 4.83. The van der Waals surface area contributed by atoms with E-state index in [9.17, 15) is 9.59 Å². The van der Waals surface area contributed by atoms with Crippen LogP contribution in [0.25, 0.3) is 0 Å². The maximum atomic E-state index is 11.2. The van der Waals surface area contributed by atoms with Crippen molar-refractivity contribution >= 4 is 23.6 Å². The van der Waals surface area contributed by atoms with Gasteiger partial charge in [0.15, 0.2) is 4.87 Å². The summed E-state index contributed by atoms with van der Waals surface area (Å²) in [4.78, 5) is 22.7. The number of aliphatic carboxylic acids is 1. The summed E-state index contributed by atoms with van der Waals surface area (Å²) in [6.07, 6.45) is 0.852. The molecule has 2 heterocycles. The van der Waals surface area contributed by atoms with Gasteiger partial charge in [0.25, 0.3) is 0 Å². The number of amides is 1. The van der Waals surface area contributed by atoms with E-state index in [1.807, 2.05) is 0 Å². The van der Waals surface area contributed by atoms with Crippen molar-refractivity contribution < 1.29 is 14.7 Å². The predicted octanol–water partition coefficient (Wildman–Crippen LogP) is 0.136. The normalized spacial score (nSPS) is 34.0. The van der Waals surface area contributed by atoms with Crippen LogP contribution in [0.2, 0.25) is 0 Å². The average molecular weight is 187 g/mol. The van der Waals surface area contributed by atoms with E-state index in [0.717, 1.165) is 5.75 Å². The van der Waals surface area contributed by atoms with Gasteiger partial charge in [-0.25, -0.2) is 4.79 Å². The first kappa shape index (κ1) is 7.91. The number of carboxylic acids is 1. The molecule has 0 unspecified atom stereocenters. The highest BCUT2D eigenvalue weighted by Crippen LogP contribution is 2.44. The third-order valence-corrected chi connectivity index (χ3v) is 3.87. The van der Waals surface area contributed by atoms with Crippen LogP contribution in [0.5, 0.6) is 0 Å². The van der Waals surface area contributed by atoms with Crippen LogP contribution >= 0.6 is 11.8 Å². The van der Waals surface area contributed by atoms with E-state index in [1.54, 1.807) is 0 Å². The van der Waals surface area contributed by atoms with Crippen molar-refractivity contribution in [1.82, 2.24) is 4.90 Å². The van der Waals surface area contributed by atoms with E-state index in [4.69, 9.17) is 5.11 Å². The molecule has 0 saturated carbocycles. The number of carbonyl (C=O) groups is 2. The van der Waals surface area contributed by atoms with Crippen LogP contribution in [0.3, 0.4) is 0 Å². The SMILES string of the molecule is O=C1CC[C@@]2(C(=O)O)SCCN12. The summed E-state index contributed by atoms with van der Waals surface area (Å²) in [5.41, 5.74) is 0. The number of rotatable bonds is 1. The summed E-state index contributed by atoms with van der Waals surface area (Å²) in [7, 11) is 0. The minimum Gasteiger partial charge on any atom is -0.479 e. The van der Waals surface area contributed by atoms with Crippen molar-refractivity contribution in [2.75, 3.05) is 12.3 Å². The molecule has 0 aliphatic carbocycles. The van der Waals surface area contributed by atoms with Gasteiger partial charge in [-0.1, -0.05) is 0 Å². The second kappa shape index (κ2) is 2.39. The van der Waals surface area contributed by atoms with Gasteiger partial charge in [-0.3, -0.25) is 4.79 Å². The first-order chi connectivity index (χ1) is 5.67. The molecular formula is C7H9NO3S. The van der Waals surface area contributed by atoms with E-state index < -0.39 is 10.8 Å². The molecule has 2 aliphatic heterocycles. The second-order valence-electron chi connectivity index (χ2n) is 2.98. The van der Waals surface area contributed by atoms with Crippen LogP contribution < -0.4 is 0 Å². The van der Waals surface area contributed by atoms with Crippen molar-refractivity contribution in [2.24, 2.45) is 0 Å². The molecule has 0 aromatic carbocycles. The molecule has 2 saturated heterocycles. The number of hydrogen-bond donors (Lipinski definition) is 1. The average Bonchev–Trinajstić information content (AvgIpc) is 2.53. The molecule has 0 aromatic rings. The maximum absolute atomic E-state index is 11.2. The van der Waals surface area contributed by atoms with Crippen LogP contribution in [0, 0.1) is 0 Å². The summed E-state index contributed by atoms with van der Waals surface area (Å²) >= 11 is 1.38. The van der Waals surface area contributed by atoms with Crippen molar-refractivity contribution in [3.8, 4) is 0 Å².